The predicted molar refractivity (Wildman–Crippen MR) is 67.4 cm³/mol. The van der Waals surface area contributed by atoms with Crippen LogP contribution in [0.4, 0.5) is 17.6 Å². The van der Waals surface area contributed by atoms with Crippen LogP contribution < -0.4 is 10.6 Å². The second kappa shape index (κ2) is 4.82. The van der Waals surface area contributed by atoms with Gasteiger partial charge in [-0.15, -0.1) is 0 Å². The van der Waals surface area contributed by atoms with Crippen molar-refractivity contribution in [2.24, 2.45) is 7.05 Å². The van der Waals surface area contributed by atoms with E-state index < -0.39 is 0 Å². The SMILES string of the molecule is CCNc1nccc(Nc2cc(C)n(C)n2)n1. The lowest BCUT2D eigenvalue weighted by molar-refractivity contribution is 0.743. The van der Waals surface area contributed by atoms with Crippen molar-refractivity contribution in [3.05, 3.63) is 24.0 Å². The van der Waals surface area contributed by atoms with Gasteiger partial charge in [-0.1, -0.05) is 0 Å². The number of hydrogen-bond donors (Lipinski definition) is 2. The fourth-order valence-electron chi connectivity index (χ4n) is 1.42. The van der Waals surface area contributed by atoms with E-state index in [1.54, 1.807) is 6.20 Å². The highest BCUT2D eigenvalue weighted by atomic mass is 15.3. The Balaban J connectivity index is 2.15. The summed E-state index contributed by atoms with van der Waals surface area (Å²) in [6, 6.07) is 3.78. The molecular weight excluding hydrogens is 216 g/mol. The Bertz CT molecular complexity index is 485. The normalized spacial score (nSPS) is 10.3. The molecule has 17 heavy (non-hydrogen) atoms. The lowest BCUT2D eigenvalue weighted by Crippen LogP contribution is -2.03. The first-order valence-electron chi connectivity index (χ1n) is 5.53. The monoisotopic (exact) mass is 232 g/mol. The van der Waals surface area contributed by atoms with Gasteiger partial charge in [-0.2, -0.15) is 10.1 Å². The predicted octanol–water partition coefficient (Wildman–Crippen LogP) is 1.69. The number of anilines is 3. The van der Waals surface area contributed by atoms with Crippen LogP contribution in [0.3, 0.4) is 0 Å². The van der Waals surface area contributed by atoms with Gasteiger partial charge >= 0.3 is 0 Å². The van der Waals surface area contributed by atoms with E-state index in [0.29, 0.717) is 5.95 Å². The molecule has 2 aromatic rings. The van der Waals surface area contributed by atoms with Crippen molar-refractivity contribution >= 4 is 17.6 Å². The summed E-state index contributed by atoms with van der Waals surface area (Å²) >= 11 is 0. The largest absolute Gasteiger partial charge is 0.354 e. The molecule has 6 nitrogen and oxygen atoms in total. The Hall–Kier alpha value is -2.11. The Morgan fingerprint density at radius 3 is 2.82 bits per heavy atom. The quantitative estimate of drug-likeness (QED) is 0.839. The number of nitrogens with one attached hydrogen (secondary N) is 2. The molecule has 0 saturated carbocycles. The standard InChI is InChI=1S/C11H16N6/c1-4-12-11-13-6-5-9(15-11)14-10-7-8(2)17(3)16-10/h5-7H,4H2,1-3H3,(H2,12,13,14,15,16). The van der Waals surface area contributed by atoms with Crippen molar-refractivity contribution in [2.75, 3.05) is 17.2 Å². The summed E-state index contributed by atoms with van der Waals surface area (Å²) in [5.74, 6) is 2.13. The van der Waals surface area contributed by atoms with E-state index in [1.807, 2.05) is 37.7 Å². The Morgan fingerprint density at radius 2 is 2.18 bits per heavy atom. The lowest BCUT2D eigenvalue weighted by atomic mass is 10.4. The maximum atomic E-state index is 4.31. The third-order valence-corrected chi connectivity index (χ3v) is 2.36. The van der Waals surface area contributed by atoms with E-state index in [4.69, 9.17) is 0 Å². The van der Waals surface area contributed by atoms with Gasteiger partial charge in [0.05, 0.1) is 0 Å². The molecule has 6 heteroatoms. The summed E-state index contributed by atoms with van der Waals surface area (Å²) in [4.78, 5) is 8.42. The molecule has 0 fully saturated rings. The number of rotatable bonds is 4. The fraction of sp³-hybridized carbons (Fsp3) is 0.364. The number of aryl methyl sites for hydroxylation is 2. The van der Waals surface area contributed by atoms with E-state index in [0.717, 1.165) is 23.9 Å². The van der Waals surface area contributed by atoms with Crippen LogP contribution in [0.2, 0.25) is 0 Å². The summed E-state index contributed by atoms with van der Waals surface area (Å²) < 4.78 is 1.81. The third kappa shape index (κ3) is 2.72. The van der Waals surface area contributed by atoms with Crippen LogP contribution in [0.15, 0.2) is 18.3 Å². The van der Waals surface area contributed by atoms with E-state index in [9.17, 15) is 0 Å². The summed E-state index contributed by atoms with van der Waals surface area (Å²) in [6.07, 6.45) is 1.71. The molecule has 2 N–H and O–H groups in total. The van der Waals surface area contributed by atoms with Gasteiger partial charge in [0, 0.05) is 31.5 Å². The molecular formula is C11H16N6. The molecule has 0 aliphatic heterocycles. The summed E-state index contributed by atoms with van der Waals surface area (Å²) in [7, 11) is 1.91. The molecule has 90 valence electrons. The Labute approximate surface area is 100 Å². The molecule has 0 saturated heterocycles. The molecule has 2 aromatic heterocycles. The Kier molecular flexibility index (Phi) is 3.22. The molecule has 0 radical (unpaired) electrons. The molecule has 0 spiro atoms. The first-order valence-corrected chi connectivity index (χ1v) is 5.53. The zero-order valence-corrected chi connectivity index (χ0v) is 10.2. The maximum Gasteiger partial charge on any atom is 0.224 e. The van der Waals surface area contributed by atoms with Crippen molar-refractivity contribution in [1.82, 2.24) is 19.7 Å². The molecule has 2 rings (SSSR count). The van der Waals surface area contributed by atoms with Gasteiger partial charge in [0.15, 0.2) is 5.82 Å². The third-order valence-electron chi connectivity index (χ3n) is 2.36. The van der Waals surface area contributed by atoms with Gasteiger partial charge in [0.25, 0.3) is 0 Å². The molecule has 0 unspecified atom stereocenters. The zero-order valence-electron chi connectivity index (χ0n) is 10.2. The van der Waals surface area contributed by atoms with Crippen LogP contribution >= 0.6 is 0 Å². The highest BCUT2D eigenvalue weighted by molar-refractivity contribution is 5.52. The van der Waals surface area contributed by atoms with Crippen molar-refractivity contribution in [2.45, 2.75) is 13.8 Å². The smallest absolute Gasteiger partial charge is 0.224 e. The van der Waals surface area contributed by atoms with Crippen LogP contribution in [0, 0.1) is 6.92 Å². The number of aromatic nitrogens is 4. The second-order valence-corrected chi connectivity index (χ2v) is 3.72. The minimum atomic E-state index is 0.616. The van der Waals surface area contributed by atoms with Gasteiger partial charge in [0.1, 0.15) is 5.82 Å². The van der Waals surface area contributed by atoms with E-state index >= 15 is 0 Å². The molecule has 0 amide bonds. The van der Waals surface area contributed by atoms with Gasteiger partial charge in [-0.25, -0.2) is 4.98 Å². The Morgan fingerprint density at radius 1 is 1.35 bits per heavy atom. The van der Waals surface area contributed by atoms with Crippen LogP contribution in [0.5, 0.6) is 0 Å². The van der Waals surface area contributed by atoms with Crippen LogP contribution in [0.25, 0.3) is 0 Å². The average Bonchev–Trinajstić information content (AvgIpc) is 2.59. The average molecular weight is 232 g/mol. The van der Waals surface area contributed by atoms with Gasteiger partial charge < -0.3 is 10.6 Å². The van der Waals surface area contributed by atoms with E-state index in [2.05, 4.69) is 25.7 Å². The molecule has 0 aliphatic rings. The van der Waals surface area contributed by atoms with Crippen LogP contribution in [-0.2, 0) is 7.05 Å². The van der Waals surface area contributed by atoms with E-state index in [-0.39, 0.29) is 0 Å². The minimum Gasteiger partial charge on any atom is -0.354 e. The minimum absolute atomic E-state index is 0.616. The zero-order chi connectivity index (χ0) is 12.3. The summed E-state index contributed by atoms with van der Waals surface area (Å²) in [5, 5.41) is 10.5. The fourth-order valence-corrected chi connectivity index (χ4v) is 1.42. The van der Waals surface area contributed by atoms with Crippen molar-refractivity contribution in [3.63, 3.8) is 0 Å². The topological polar surface area (TPSA) is 67.7 Å². The second-order valence-electron chi connectivity index (χ2n) is 3.72. The van der Waals surface area contributed by atoms with Gasteiger partial charge in [0.2, 0.25) is 5.95 Å². The molecule has 0 atom stereocenters. The summed E-state index contributed by atoms with van der Waals surface area (Å²) in [6.45, 7) is 4.81. The van der Waals surface area contributed by atoms with Crippen molar-refractivity contribution in [1.29, 1.82) is 0 Å². The highest BCUT2D eigenvalue weighted by Crippen LogP contribution is 2.14. The molecule has 0 bridgehead atoms. The maximum absolute atomic E-state index is 4.31. The first-order chi connectivity index (χ1) is 8.19. The highest BCUT2D eigenvalue weighted by Gasteiger charge is 2.03. The summed E-state index contributed by atoms with van der Waals surface area (Å²) in [5.41, 5.74) is 1.09. The molecule has 2 heterocycles. The van der Waals surface area contributed by atoms with Gasteiger partial charge in [-0.3, -0.25) is 4.68 Å². The lowest BCUT2D eigenvalue weighted by Gasteiger charge is -2.04. The van der Waals surface area contributed by atoms with Crippen molar-refractivity contribution in [3.8, 4) is 0 Å². The number of hydrogen-bond acceptors (Lipinski definition) is 5. The van der Waals surface area contributed by atoms with Crippen LogP contribution in [0.1, 0.15) is 12.6 Å². The van der Waals surface area contributed by atoms with Crippen LogP contribution in [-0.4, -0.2) is 26.3 Å². The molecule has 0 aliphatic carbocycles. The van der Waals surface area contributed by atoms with E-state index in [1.165, 1.54) is 0 Å². The number of nitrogens with zero attached hydrogens (tertiary/aromatic N) is 4. The first kappa shape index (κ1) is 11.4. The van der Waals surface area contributed by atoms with Gasteiger partial charge in [-0.05, 0) is 19.9 Å². The molecule has 0 aromatic carbocycles. The van der Waals surface area contributed by atoms with Crippen molar-refractivity contribution < 1.29 is 0 Å².